The molecule has 15 heavy (non-hydrogen) atoms. The van der Waals surface area contributed by atoms with E-state index in [2.05, 4.69) is 15.2 Å². The summed E-state index contributed by atoms with van der Waals surface area (Å²) < 4.78 is 19.6. The SMILES string of the molecule is Cn1cnnc1COc1ccc(F)nc1. The predicted molar refractivity (Wildman–Crippen MR) is 49.5 cm³/mol. The van der Waals surface area contributed by atoms with E-state index in [1.165, 1.54) is 18.3 Å². The molecule has 0 fully saturated rings. The highest BCUT2D eigenvalue weighted by molar-refractivity contribution is 5.16. The number of halogens is 1. The van der Waals surface area contributed by atoms with Crippen molar-refractivity contribution in [1.29, 1.82) is 0 Å². The van der Waals surface area contributed by atoms with Gasteiger partial charge in [-0.15, -0.1) is 10.2 Å². The fourth-order valence-electron chi connectivity index (χ4n) is 1.03. The van der Waals surface area contributed by atoms with Crippen molar-refractivity contribution < 1.29 is 9.13 Å². The van der Waals surface area contributed by atoms with E-state index in [-0.39, 0.29) is 6.61 Å². The van der Waals surface area contributed by atoms with E-state index >= 15 is 0 Å². The topological polar surface area (TPSA) is 52.8 Å². The minimum atomic E-state index is -0.527. The Morgan fingerprint density at radius 1 is 1.47 bits per heavy atom. The largest absolute Gasteiger partial charge is 0.484 e. The lowest BCUT2D eigenvalue weighted by Gasteiger charge is -2.04. The molecule has 0 unspecified atom stereocenters. The summed E-state index contributed by atoms with van der Waals surface area (Å²) in [4.78, 5) is 3.47. The number of ether oxygens (including phenoxy) is 1. The molecule has 0 amide bonds. The van der Waals surface area contributed by atoms with Gasteiger partial charge in [0.15, 0.2) is 5.82 Å². The molecule has 0 aliphatic carbocycles. The van der Waals surface area contributed by atoms with Crippen molar-refractivity contribution in [3.05, 3.63) is 36.4 Å². The second-order valence-electron chi connectivity index (χ2n) is 2.96. The molecule has 2 aromatic heterocycles. The first kappa shape index (κ1) is 9.57. The maximum Gasteiger partial charge on any atom is 0.213 e. The van der Waals surface area contributed by atoms with E-state index in [0.717, 1.165) is 0 Å². The third kappa shape index (κ3) is 2.28. The molecule has 2 heterocycles. The van der Waals surface area contributed by atoms with E-state index in [0.29, 0.717) is 11.6 Å². The van der Waals surface area contributed by atoms with Crippen LogP contribution in [-0.4, -0.2) is 19.7 Å². The van der Waals surface area contributed by atoms with Gasteiger partial charge in [-0.25, -0.2) is 4.98 Å². The molecule has 78 valence electrons. The first-order chi connectivity index (χ1) is 7.25. The van der Waals surface area contributed by atoms with Crippen LogP contribution in [0.4, 0.5) is 4.39 Å². The Morgan fingerprint density at radius 2 is 2.33 bits per heavy atom. The Labute approximate surface area is 85.5 Å². The zero-order valence-electron chi connectivity index (χ0n) is 8.09. The van der Waals surface area contributed by atoms with Crippen LogP contribution in [0.2, 0.25) is 0 Å². The third-order valence-electron chi connectivity index (χ3n) is 1.87. The Bertz CT molecular complexity index is 440. The molecule has 0 saturated heterocycles. The number of rotatable bonds is 3. The van der Waals surface area contributed by atoms with Gasteiger partial charge in [0.1, 0.15) is 18.7 Å². The molecule has 0 bridgehead atoms. The van der Waals surface area contributed by atoms with Crippen LogP contribution in [0.3, 0.4) is 0 Å². The van der Waals surface area contributed by atoms with Crippen LogP contribution < -0.4 is 4.74 Å². The van der Waals surface area contributed by atoms with Crippen molar-refractivity contribution in [1.82, 2.24) is 19.7 Å². The minimum Gasteiger partial charge on any atom is -0.484 e. The van der Waals surface area contributed by atoms with Gasteiger partial charge in [-0.05, 0) is 12.1 Å². The molecular formula is C9H9FN4O. The normalized spacial score (nSPS) is 10.3. The second kappa shape index (κ2) is 4.04. The van der Waals surface area contributed by atoms with Crippen LogP contribution in [0.15, 0.2) is 24.7 Å². The fourth-order valence-corrected chi connectivity index (χ4v) is 1.03. The summed E-state index contributed by atoms with van der Waals surface area (Å²) in [5.74, 6) is 0.666. The standard InChI is InChI=1S/C9H9FN4O/c1-14-6-12-13-9(14)5-15-7-2-3-8(10)11-4-7/h2-4,6H,5H2,1H3. The number of aromatic nitrogens is 4. The van der Waals surface area contributed by atoms with E-state index in [1.807, 2.05) is 7.05 Å². The lowest BCUT2D eigenvalue weighted by atomic mass is 10.4. The average Bonchev–Trinajstić information content (AvgIpc) is 2.63. The summed E-state index contributed by atoms with van der Waals surface area (Å²) in [5, 5.41) is 7.55. The highest BCUT2D eigenvalue weighted by atomic mass is 19.1. The van der Waals surface area contributed by atoms with Crippen molar-refractivity contribution in [2.24, 2.45) is 7.05 Å². The maximum atomic E-state index is 12.5. The molecule has 0 radical (unpaired) electrons. The molecule has 2 aromatic rings. The Hall–Kier alpha value is -1.98. The van der Waals surface area contributed by atoms with Crippen molar-refractivity contribution >= 4 is 0 Å². The highest BCUT2D eigenvalue weighted by Gasteiger charge is 2.01. The van der Waals surface area contributed by atoms with Gasteiger partial charge in [0.25, 0.3) is 0 Å². The van der Waals surface area contributed by atoms with Crippen LogP contribution >= 0.6 is 0 Å². The highest BCUT2D eigenvalue weighted by Crippen LogP contribution is 2.09. The lowest BCUT2D eigenvalue weighted by Crippen LogP contribution is -2.03. The van der Waals surface area contributed by atoms with Crippen LogP contribution in [0, 0.1) is 5.95 Å². The Morgan fingerprint density at radius 3 is 2.93 bits per heavy atom. The maximum absolute atomic E-state index is 12.5. The van der Waals surface area contributed by atoms with Gasteiger partial charge < -0.3 is 9.30 Å². The summed E-state index contributed by atoms with van der Waals surface area (Å²) in [6.45, 7) is 0.282. The minimum absolute atomic E-state index is 0.282. The molecule has 0 saturated carbocycles. The van der Waals surface area contributed by atoms with E-state index in [1.54, 1.807) is 10.9 Å². The van der Waals surface area contributed by atoms with E-state index in [4.69, 9.17) is 4.74 Å². The Kier molecular flexibility index (Phi) is 2.57. The summed E-state index contributed by atoms with van der Waals surface area (Å²) in [7, 11) is 1.82. The van der Waals surface area contributed by atoms with Gasteiger partial charge in [0, 0.05) is 7.05 Å². The fraction of sp³-hybridized carbons (Fsp3) is 0.222. The van der Waals surface area contributed by atoms with E-state index < -0.39 is 5.95 Å². The quantitative estimate of drug-likeness (QED) is 0.704. The van der Waals surface area contributed by atoms with Gasteiger partial charge in [0.05, 0.1) is 6.20 Å². The first-order valence-corrected chi connectivity index (χ1v) is 4.33. The van der Waals surface area contributed by atoms with Crippen LogP contribution in [-0.2, 0) is 13.7 Å². The van der Waals surface area contributed by atoms with Crippen molar-refractivity contribution in [3.8, 4) is 5.75 Å². The predicted octanol–water partition coefficient (Wildman–Crippen LogP) is 0.928. The first-order valence-electron chi connectivity index (χ1n) is 4.33. The molecule has 6 heteroatoms. The molecular weight excluding hydrogens is 199 g/mol. The molecule has 0 aliphatic heterocycles. The van der Waals surface area contributed by atoms with Gasteiger partial charge in [-0.1, -0.05) is 0 Å². The second-order valence-corrected chi connectivity index (χ2v) is 2.96. The monoisotopic (exact) mass is 208 g/mol. The van der Waals surface area contributed by atoms with Crippen molar-refractivity contribution in [2.75, 3.05) is 0 Å². The number of hydrogen-bond donors (Lipinski definition) is 0. The van der Waals surface area contributed by atoms with Crippen molar-refractivity contribution in [3.63, 3.8) is 0 Å². The molecule has 0 spiro atoms. The molecule has 0 N–H and O–H groups in total. The zero-order chi connectivity index (χ0) is 10.7. The van der Waals surface area contributed by atoms with Gasteiger partial charge >= 0.3 is 0 Å². The molecule has 2 rings (SSSR count). The molecule has 0 aliphatic rings. The zero-order valence-corrected chi connectivity index (χ0v) is 8.09. The van der Waals surface area contributed by atoms with Gasteiger partial charge in [0.2, 0.25) is 5.95 Å². The molecule has 0 aromatic carbocycles. The van der Waals surface area contributed by atoms with Crippen molar-refractivity contribution in [2.45, 2.75) is 6.61 Å². The third-order valence-corrected chi connectivity index (χ3v) is 1.87. The summed E-state index contributed by atoms with van der Waals surface area (Å²) >= 11 is 0. The van der Waals surface area contributed by atoms with Crippen LogP contribution in [0.5, 0.6) is 5.75 Å². The van der Waals surface area contributed by atoms with Gasteiger partial charge in [-0.2, -0.15) is 4.39 Å². The number of nitrogens with zero attached hydrogens (tertiary/aromatic N) is 4. The van der Waals surface area contributed by atoms with Gasteiger partial charge in [-0.3, -0.25) is 0 Å². The average molecular weight is 208 g/mol. The molecule has 5 nitrogen and oxygen atoms in total. The Balaban J connectivity index is 1.99. The number of hydrogen-bond acceptors (Lipinski definition) is 4. The number of pyridine rings is 1. The summed E-state index contributed by atoms with van der Waals surface area (Å²) in [6.07, 6.45) is 2.91. The smallest absolute Gasteiger partial charge is 0.213 e. The van der Waals surface area contributed by atoms with Crippen LogP contribution in [0.1, 0.15) is 5.82 Å². The van der Waals surface area contributed by atoms with E-state index in [9.17, 15) is 4.39 Å². The molecule has 0 atom stereocenters. The summed E-state index contributed by atoms with van der Waals surface area (Å²) in [6, 6.07) is 2.75. The number of aryl methyl sites for hydroxylation is 1. The van der Waals surface area contributed by atoms with Crippen LogP contribution in [0.25, 0.3) is 0 Å². The summed E-state index contributed by atoms with van der Waals surface area (Å²) in [5.41, 5.74) is 0. The lowest BCUT2D eigenvalue weighted by molar-refractivity contribution is 0.289.